The van der Waals surface area contributed by atoms with Gasteiger partial charge in [0.1, 0.15) is 5.82 Å². The van der Waals surface area contributed by atoms with E-state index in [1.165, 1.54) is 4.80 Å². The van der Waals surface area contributed by atoms with Crippen molar-refractivity contribution in [2.45, 2.75) is 30.7 Å². The molecule has 1 atom stereocenters. The zero-order valence-corrected chi connectivity index (χ0v) is 17.7. The van der Waals surface area contributed by atoms with Gasteiger partial charge in [-0.3, -0.25) is 4.79 Å². The first-order chi connectivity index (χ1) is 14.7. The topological polar surface area (TPSA) is 79.7 Å². The van der Waals surface area contributed by atoms with Gasteiger partial charge in [0.2, 0.25) is 0 Å². The fourth-order valence-electron chi connectivity index (χ4n) is 4.14. The number of H-pyrrole nitrogens is 1. The molecule has 0 unspecified atom stereocenters. The molecule has 2 aromatic heterocycles. The van der Waals surface area contributed by atoms with E-state index in [4.69, 9.17) is 4.98 Å². The second-order valence-corrected chi connectivity index (χ2v) is 8.32. The van der Waals surface area contributed by atoms with Crippen LogP contribution in [0.3, 0.4) is 0 Å². The number of imidazole rings is 1. The lowest BCUT2D eigenvalue weighted by Gasteiger charge is -2.24. The third kappa shape index (κ3) is 3.17. The van der Waals surface area contributed by atoms with Crippen molar-refractivity contribution in [2.75, 3.05) is 12.8 Å². The zero-order chi connectivity index (χ0) is 20.7. The van der Waals surface area contributed by atoms with E-state index < -0.39 is 0 Å². The number of aryl methyl sites for hydroxylation is 1. The number of likely N-dealkylation sites (tertiary alicyclic amines) is 1. The number of para-hydroxylation sites is 1. The lowest BCUT2D eigenvalue weighted by Crippen LogP contribution is -2.32. The minimum absolute atomic E-state index is 0.0148. The van der Waals surface area contributed by atoms with E-state index in [0.29, 0.717) is 17.8 Å². The number of hydrogen-bond acceptors (Lipinski definition) is 5. The van der Waals surface area contributed by atoms with E-state index in [1.807, 2.05) is 42.2 Å². The van der Waals surface area contributed by atoms with Gasteiger partial charge < -0.3 is 9.88 Å². The maximum absolute atomic E-state index is 13.6. The van der Waals surface area contributed by atoms with Crippen LogP contribution in [0.2, 0.25) is 0 Å². The summed E-state index contributed by atoms with van der Waals surface area (Å²) in [4.78, 5) is 26.6. The number of carbonyl (C=O) groups excluding carboxylic acids is 1. The van der Waals surface area contributed by atoms with Crippen molar-refractivity contribution < 1.29 is 4.79 Å². The molecule has 1 fully saturated rings. The van der Waals surface area contributed by atoms with Crippen molar-refractivity contribution in [3.63, 3.8) is 0 Å². The molecule has 1 N–H and O–H groups in total. The molecule has 1 aliphatic heterocycles. The number of aromatic nitrogens is 5. The third-order valence-electron chi connectivity index (χ3n) is 5.56. The Hall–Kier alpha value is -3.13. The van der Waals surface area contributed by atoms with Crippen LogP contribution in [-0.2, 0) is 0 Å². The second-order valence-electron chi connectivity index (χ2n) is 7.47. The van der Waals surface area contributed by atoms with Crippen LogP contribution in [0.5, 0.6) is 0 Å². The number of nitrogens with one attached hydrogen (secondary N) is 1. The minimum Gasteiger partial charge on any atom is -0.339 e. The normalized spacial score (nSPS) is 16.5. The van der Waals surface area contributed by atoms with Crippen molar-refractivity contribution >= 4 is 28.7 Å². The standard InChI is InChI=1S/C22H22N6OS/c1-14-8-9-17(28-23-10-11-24-28)15(13-14)22(29)27-12-4-6-18(27)21-25-16-5-3-7-19(30-2)20(16)26-21/h3,5,7-11,13,18H,4,6,12H2,1-2H3,(H,25,26)/t18-/m0/s1. The fourth-order valence-corrected chi connectivity index (χ4v) is 4.71. The highest BCUT2D eigenvalue weighted by Crippen LogP contribution is 2.35. The van der Waals surface area contributed by atoms with Crippen LogP contribution < -0.4 is 0 Å². The molecule has 152 valence electrons. The summed E-state index contributed by atoms with van der Waals surface area (Å²) in [5, 5.41) is 8.45. The lowest BCUT2D eigenvalue weighted by atomic mass is 10.1. The SMILES string of the molecule is CSc1cccc2nc([C@@H]3CCCN3C(=O)c3cc(C)ccc3-n3nccn3)[nH]c12. The number of thioether (sulfide) groups is 1. The Morgan fingerprint density at radius 3 is 2.83 bits per heavy atom. The van der Waals surface area contributed by atoms with Crippen molar-refractivity contribution in [3.05, 3.63) is 65.7 Å². The predicted molar refractivity (Wildman–Crippen MR) is 117 cm³/mol. The second kappa shape index (κ2) is 7.60. The molecule has 3 heterocycles. The van der Waals surface area contributed by atoms with Crippen LogP contribution in [-0.4, -0.2) is 48.6 Å². The maximum Gasteiger partial charge on any atom is 0.256 e. The Balaban J connectivity index is 1.53. The number of benzene rings is 2. The molecule has 7 nitrogen and oxygen atoms in total. The smallest absolute Gasteiger partial charge is 0.256 e. The predicted octanol–water partition coefficient (Wildman–Crippen LogP) is 4.15. The van der Waals surface area contributed by atoms with Gasteiger partial charge in [-0.1, -0.05) is 17.7 Å². The number of amides is 1. The van der Waals surface area contributed by atoms with E-state index >= 15 is 0 Å². The Kier molecular flexibility index (Phi) is 4.78. The van der Waals surface area contributed by atoms with Gasteiger partial charge in [-0.15, -0.1) is 11.8 Å². The summed E-state index contributed by atoms with van der Waals surface area (Å²) in [5.41, 5.74) is 4.30. The van der Waals surface area contributed by atoms with E-state index in [2.05, 4.69) is 27.5 Å². The van der Waals surface area contributed by atoms with E-state index in [9.17, 15) is 4.79 Å². The summed E-state index contributed by atoms with van der Waals surface area (Å²) in [6.45, 7) is 2.69. The highest BCUT2D eigenvalue weighted by Gasteiger charge is 2.34. The first-order valence-corrected chi connectivity index (χ1v) is 11.2. The molecular formula is C22H22N6OS. The van der Waals surface area contributed by atoms with E-state index in [0.717, 1.165) is 40.2 Å². The van der Waals surface area contributed by atoms with Crippen LogP contribution in [0.25, 0.3) is 16.7 Å². The Labute approximate surface area is 178 Å². The summed E-state index contributed by atoms with van der Waals surface area (Å²) >= 11 is 1.69. The summed E-state index contributed by atoms with van der Waals surface area (Å²) < 4.78 is 0. The molecule has 4 aromatic rings. The Bertz CT molecular complexity index is 1220. The molecule has 0 saturated carbocycles. The molecule has 30 heavy (non-hydrogen) atoms. The summed E-state index contributed by atoms with van der Waals surface area (Å²) in [6.07, 6.45) is 7.13. The van der Waals surface area contributed by atoms with E-state index in [-0.39, 0.29) is 11.9 Å². The van der Waals surface area contributed by atoms with Gasteiger partial charge in [-0.25, -0.2) is 4.98 Å². The quantitative estimate of drug-likeness (QED) is 0.504. The van der Waals surface area contributed by atoms with Gasteiger partial charge in [-0.05, 0) is 50.3 Å². The molecular weight excluding hydrogens is 396 g/mol. The number of fused-ring (bicyclic) bond motifs is 1. The Morgan fingerprint density at radius 2 is 2.03 bits per heavy atom. The molecule has 1 aliphatic rings. The highest BCUT2D eigenvalue weighted by atomic mass is 32.2. The Morgan fingerprint density at radius 1 is 1.20 bits per heavy atom. The molecule has 5 rings (SSSR count). The minimum atomic E-state index is -0.0708. The average Bonchev–Trinajstić information content (AvgIpc) is 3.52. The highest BCUT2D eigenvalue weighted by molar-refractivity contribution is 7.98. The molecule has 8 heteroatoms. The number of hydrogen-bond donors (Lipinski definition) is 1. The van der Waals surface area contributed by atoms with Crippen LogP contribution in [0.4, 0.5) is 0 Å². The summed E-state index contributed by atoms with van der Waals surface area (Å²) in [5.74, 6) is 0.836. The van der Waals surface area contributed by atoms with Crippen LogP contribution in [0, 0.1) is 6.92 Å². The summed E-state index contributed by atoms with van der Waals surface area (Å²) in [7, 11) is 0. The zero-order valence-electron chi connectivity index (χ0n) is 16.9. The number of rotatable bonds is 4. The first-order valence-electron chi connectivity index (χ1n) is 9.96. The molecule has 0 aliphatic carbocycles. The van der Waals surface area contributed by atoms with Crippen molar-refractivity contribution in [1.82, 2.24) is 29.9 Å². The van der Waals surface area contributed by atoms with Gasteiger partial charge in [-0.2, -0.15) is 15.0 Å². The largest absolute Gasteiger partial charge is 0.339 e. The molecule has 0 bridgehead atoms. The lowest BCUT2D eigenvalue weighted by molar-refractivity contribution is 0.0730. The first kappa shape index (κ1) is 18.9. The fraction of sp³-hybridized carbons (Fsp3) is 0.273. The van der Waals surface area contributed by atoms with Crippen molar-refractivity contribution in [1.29, 1.82) is 0 Å². The van der Waals surface area contributed by atoms with Crippen LogP contribution >= 0.6 is 11.8 Å². The van der Waals surface area contributed by atoms with Crippen LogP contribution in [0.15, 0.2) is 53.7 Å². The van der Waals surface area contributed by atoms with Gasteiger partial charge in [0, 0.05) is 11.4 Å². The van der Waals surface area contributed by atoms with Crippen molar-refractivity contribution in [2.24, 2.45) is 0 Å². The molecule has 1 saturated heterocycles. The van der Waals surface area contributed by atoms with Gasteiger partial charge in [0.15, 0.2) is 0 Å². The third-order valence-corrected chi connectivity index (χ3v) is 6.34. The van der Waals surface area contributed by atoms with Gasteiger partial charge >= 0.3 is 0 Å². The number of carbonyl (C=O) groups is 1. The van der Waals surface area contributed by atoms with Crippen molar-refractivity contribution in [3.8, 4) is 5.69 Å². The molecule has 1 amide bonds. The number of aromatic amines is 1. The van der Waals surface area contributed by atoms with Crippen LogP contribution in [0.1, 0.15) is 40.6 Å². The molecule has 0 spiro atoms. The number of nitrogens with zero attached hydrogens (tertiary/aromatic N) is 5. The molecule has 0 radical (unpaired) electrons. The van der Waals surface area contributed by atoms with Gasteiger partial charge in [0.05, 0.1) is 40.7 Å². The monoisotopic (exact) mass is 418 g/mol. The molecule has 2 aromatic carbocycles. The summed E-state index contributed by atoms with van der Waals surface area (Å²) in [6, 6.07) is 11.8. The maximum atomic E-state index is 13.6. The average molecular weight is 419 g/mol. The van der Waals surface area contributed by atoms with Gasteiger partial charge in [0.25, 0.3) is 5.91 Å². The van der Waals surface area contributed by atoms with E-state index in [1.54, 1.807) is 24.2 Å².